The van der Waals surface area contributed by atoms with Gasteiger partial charge in [0.05, 0.1) is 11.5 Å². The van der Waals surface area contributed by atoms with E-state index in [2.05, 4.69) is 4.98 Å². The number of aliphatic hydroxyl groups excluding tert-OH is 3. The van der Waals surface area contributed by atoms with Gasteiger partial charge in [0.15, 0.2) is 4.47 Å². The molecule has 2 atom stereocenters. The lowest BCUT2D eigenvalue weighted by Gasteiger charge is -2.13. The highest BCUT2D eigenvalue weighted by molar-refractivity contribution is 7.16. The van der Waals surface area contributed by atoms with Crippen LogP contribution in [-0.4, -0.2) is 33.0 Å². The number of halogens is 2. The zero-order chi connectivity index (χ0) is 10.0. The predicted molar refractivity (Wildman–Crippen MR) is 50.2 cm³/mol. The summed E-state index contributed by atoms with van der Waals surface area (Å²) < 4.78 is 0.184. The third kappa shape index (κ3) is 2.52. The standard InChI is InChI=1S/C6H7Cl2NO3S/c7-5-4(13-6(8)9-5)3(12)2(11)1-10/h2-3,10-12H,1H2. The molecule has 0 radical (unpaired) electrons. The maximum absolute atomic E-state index is 9.40. The molecule has 0 saturated heterocycles. The minimum atomic E-state index is -1.27. The molecule has 0 spiro atoms. The van der Waals surface area contributed by atoms with Gasteiger partial charge in [0.25, 0.3) is 0 Å². The predicted octanol–water partition coefficient (Wildman–Crippen LogP) is 0.837. The van der Waals surface area contributed by atoms with Gasteiger partial charge in [0.1, 0.15) is 17.4 Å². The Balaban J connectivity index is 2.87. The number of rotatable bonds is 3. The topological polar surface area (TPSA) is 73.6 Å². The number of nitrogens with zero attached hydrogens (tertiary/aromatic N) is 1. The molecule has 0 bridgehead atoms. The van der Waals surface area contributed by atoms with Gasteiger partial charge in [-0.25, -0.2) is 4.98 Å². The van der Waals surface area contributed by atoms with Crippen molar-refractivity contribution >= 4 is 34.5 Å². The molecule has 2 unspecified atom stereocenters. The summed E-state index contributed by atoms with van der Waals surface area (Å²) in [5, 5.41) is 27.1. The molecule has 0 aromatic carbocycles. The van der Waals surface area contributed by atoms with Crippen LogP contribution in [0.4, 0.5) is 0 Å². The second kappa shape index (κ2) is 4.54. The molecule has 3 N–H and O–H groups in total. The van der Waals surface area contributed by atoms with Crippen molar-refractivity contribution in [2.45, 2.75) is 12.2 Å². The van der Waals surface area contributed by atoms with Gasteiger partial charge in [-0.2, -0.15) is 0 Å². The molecular weight excluding hydrogens is 237 g/mol. The molecule has 0 aliphatic heterocycles. The van der Waals surface area contributed by atoms with E-state index in [1.165, 1.54) is 0 Å². The molecule has 13 heavy (non-hydrogen) atoms. The second-order valence-electron chi connectivity index (χ2n) is 2.32. The molecule has 7 heteroatoms. The first-order chi connectivity index (χ1) is 6.06. The lowest BCUT2D eigenvalue weighted by Crippen LogP contribution is -2.21. The number of aromatic nitrogens is 1. The molecule has 1 aromatic rings. The van der Waals surface area contributed by atoms with Crippen molar-refractivity contribution in [3.8, 4) is 0 Å². The first-order valence-corrected chi connectivity index (χ1v) is 4.92. The summed E-state index contributed by atoms with van der Waals surface area (Å²) in [7, 11) is 0. The largest absolute Gasteiger partial charge is 0.394 e. The number of thiazole rings is 1. The molecule has 1 aromatic heterocycles. The Kier molecular flexibility index (Phi) is 3.90. The molecule has 74 valence electrons. The molecule has 4 nitrogen and oxygen atoms in total. The maximum atomic E-state index is 9.40. The van der Waals surface area contributed by atoms with Crippen molar-refractivity contribution in [3.63, 3.8) is 0 Å². The third-order valence-electron chi connectivity index (χ3n) is 1.40. The number of aliphatic hydroxyl groups is 3. The van der Waals surface area contributed by atoms with Gasteiger partial charge < -0.3 is 15.3 Å². The van der Waals surface area contributed by atoms with Gasteiger partial charge in [-0.3, -0.25) is 0 Å². The Morgan fingerprint density at radius 2 is 2.00 bits per heavy atom. The molecule has 0 amide bonds. The molecular formula is C6H7Cl2NO3S. The summed E-state index contributed by atoms with van der Waals surface area (Å²) in [5.41, 5.74) is 0. The van der Waals surface area contributed by atoms with Crippen LogP contribution in [0.2, 0.25) is 9.62 Å². The zero-order valence-corrected chi connectivity index (χ0v) is 8.64. The fourth-order valence-electron chi connectivity index (χ4n) is 0.745. The molecule has 0 aliphatic carbocycles. The van der Waals surface area contributed by atoms with Gasteiger partial charge in [-0.15, -0.1) is 11.3 Å². The number of hydrogen-bond acceptors (Lipinski definition) is 5. The minimum Gasteiger partial charge on any atom is -0.394 e. The number of hydrogen-bond donors (Lipinski definition) is 3. The van der Waals surface area contributed by atoms with E-state index in [9.17, 15) is 5.11 Å². The molecule has 0 saturated carbocycles. The van der Waals surface area contributed by atoms with Crippen LogP contribution in [0, 0.1) is 0 Å². The van der Waals surface area contributed by atoms with E-state index in [0.717, 1.165) is 11.3 Å². The van der Waals surface area contributed by atoms with E-state index in [1.54, 1.807) is 0 Å². The average Bonchev–Trinajstić information content (AvgIpc) is 2.42. The second-order valence-corrected chi connectivity index (χ2v) is 4.29. The fourth-order valence-corrected chi connectivity index (χ4v) is 2.21. The molecule has 1 heterocycles. The van der Waals surface area contributed by atoms with Crippen molar-refractivity contribution in [2.24, 2.45) is 0 Å². The monoisotopic (exact) mass is 243 g/mol. The van der Waals surface area contributed by atoms with Crippen molar-refractivity contribution < 1.29 is 15.3 Å². The van der Waals surface area contributed by atoms with E-state index in [1.807, 2.05) is 0 Å². The van der Waals surface area contributed by atoms with Gasteiger partial charge in [-0.05, 0) is 0 Å². The summed E-state index contributed by atoms with van der Waals surface area (Å²) >= 11 is 12.1. The minimum absolute atomic E-state index is 0.0509. The van der Waals surface area contributed by atoms with Gasteiger partial charge in [0, 0.05) is 0 Å². The van der Waals surface area contributed by atoms with Crippen molar-refractivity contribution in [2.75, 3.05) is 6.61 Å². The molecule has 0 fully saturated rings. The first kappa shape index (κ1) is 11.2. The highest BCUT2D eigenvalue weighted by Gasteiger charge is 2.23. The van der Waals surface area contributed by atoms with Crippen molar-refractivity contribution in [1.29, 1.82) is 0 Å². The van der Waals surface area contributed by atoms with Crippen LogP contribution in [0.5, 0.6) is 0 Å². The van der Waals surface area contributed by atoms with Crippen LogP contribution in [0.3, 0.4) is 0 Å². The van der Waals surface area contributed by atoms with E-state index in [0.29, 0.717) is 0 Å². The Labute approximate surface area is 88.4 Å². The Bertz CT molecular complexity index is 293. The van der Waals surface area contributed by atoms with E-state index >= 15 is 0 Å². The Morgan fingerprint density at radius 1 is 1.38 bits per heavy atom. The summed E-state index contributed by atoms with van der Waals surface area (Å²) in [6.07, 6.45) is -2.52. The zero-order valence-electron chi connectivity index (χ0n) is 6.31. The van der Waals surface area contributed by atoms with E-state index < -0.39 is 18.8 Å². The van der Waals surface area contributed by atoms with Crippen LogP contribution in [0.25, 0.3) is 0 Å². The highest BCUT2D eigenvalue weighted by atomic mass is 35.5. The third-order valence-corrected chi connectivity index (χ3v) is 3.03. The van der Waals surface area contributed by atoms with Crippen LogP contribution in [0.1, 0.15) is 11.0 Å². The van der Waals surface area contributed by atoms with Crippen LogP contribution < -0.4 is 0 Å². The maximum Gasteiger partial charge on any atom is 0.185 e. The summed E-state index contributed by atoms with van der Waals surface area (Å²) in [6, 6.07) is 0. The Morgan fingerprint density at radius 3 is 2.38 bits per heavy atom. The Hall–Kier alpha value is 0.0900. The summed E-state index contributed by atoms with van der Waals surface area (Å²) in [5.74, 6) is 0. The summed E-state index contributed by atoms with van der Waals surface area (Å²) in [6.45, 7) is -0.549. The molecule has 1 rings (SSSR count). The van der Waals surface area contributed by atoms with Gasteiger partial charge in [-0.1, -0.05) is 23.2 Å². The summed E-state index contributed by atoms with van der Waals surface area (Å²) in [4.78, 5) is 3.90. The van der Waals surface area contributed by atoms with Crippen LogP contribution >= 0.6 is 34.5 Å². The van der Waals surface area contributed by atoms with Crippen molar-refractivity contribution in [1.82, 2.24) is 4.98 Å². The van der Waals surface area contributed by atoms with E-state index in [4.69, 9.17) is 33.4 Å². The molecule has 0 aliphatic rings. The fraction of sp³-hybridized carbons (Fsp3) is 0.500. The smallest absolute Gasteiger partial charge is 0.185 e. The van der Waals surface area contributed by atoms with Gasteiger partial charge >= 0.3 is 0 Å². The average molecular weight is 244 g/mol. The van der Waals surface area contributed by atoms with Gasteiger partial charge in [0.2, 0.25) is 0 Å². The first-order valence-electron chi connectivity index (χ1n) is 3.35. The van der Waals surface area contributed by atoms with E-state index in [-0.39, 0.29) is 14.5 Å². The quantitative estimate of drug-likeness (QED) is 0.736. The van der Waals surface area contributed by atoms with Crippen molar-refractivity contribution in [3.05, 3.63) is 14.5 Å². The van der Waals surface area contributed by atoms with Crippen LogP contribution in [0.15, 0.2) is 0 Å². The SMILES string of the molecule is OCC(O)C(O)c1sc(Cl)nc1Cl. The lowest BCUT2D eigenvalue weighted by molar-refractivity contribution is -0.0135. The normalized spacial score (nSPS) is 15.8. The van der Waals surface area contributed by atoms with Crippen LogP contribution in [-0.2, 0) is 0 Å². The lowest BCUT2D eigenvalue weighted by atomic mass is 10.2. The highest BCUT2D eigenvalue weighted by Crippen LogP contribution is 2.33.